The Hall–Kier alpha value is -1.10. The van der Waals surface area contributed by atoms with Gasteiger partial charge in [0.1, 0.15) is 6.33 Å². The van der Waals surface area contributed by atoms with Gasteiger partial charge in [0.2, 0.25) is 0 Å². The smallest absolute Gasteiger partial charge is 0.343 e. The first-order valence-electron chi connectivity index (χ1n) is 5.05. The van der Waals surface area contributed by atoms with E-state index < -0.39 is 0 Å². The van der Waals surface area contributed by atoms with Crippen LogP contribution in [0.15, 0.2) is 11.1 Å². The normalized spacial score (nSPS) is 20.1. The van der Waals surface area contributed by atoms with Crippen molar-refractivity contribution in [2.75, 3.05) is 6.61 Å². The van der Waals surface area contributed by atoms with E-state index in [1.165, 1.54) is 23.7 Å². The van der Waals surface area contributed by atoms with Crippen LogP contribution in [0.25, 0.3) is 0 Å². The number of hydrogen-bond acceptors (Lipinski definition) is 3. The third kappa shape index (κ3) is 1.59. The quantitative estimate of drug-likeness (QED) is 0.731. The Morgan fingerprint density at radius 3 is 2.86 bits per heavy atom. The van der Waals surface area contributed by atoms with E-state index >= 15 is 0 Å². The summed E-state index contributed by atoms with van der Waals surface area (Å²) < 4.78 is 1.51. The van der Waals surface area contributed by atoms with Crippen molar-refractivity contribution < 1.29 is 5.11 Å². The van der Waals surface area contributed by atoms with Crippen LogP contribution in [-0.2, 0) is 0 Å². The molecule has 1 aliphatic rings. The van der Waals surface area contributed by atoms with Gasteiger partial charge in [-0.2, -0.15) is 5.10 Å². The number of H-pyrrole nitrogens is 1. The zero-order valence-corrected chi connectivity index (χ0v) is 8.02. The number of rotatable bonds is 3. The van der Waals surface area contributed by atoms with E-state index in [1.807, 2.05) is 0 Å². The van der Waals surface area contributed by atoms with Crippen molar-refractivity contribution in [2.45, 2.75) is 31.7 Å². The van der Waals surface area contributed by atoms with Gasteiger partial charge >= 0.3 is 5.69 Å². The van der Waals surface area contributed by atoms with Crippen LogP contribution in [0, 0.1) is 5.92 Å². The van der Waals surface area contributed by atoms with Crippen molar-refractivity contribution in [3.63, 3.8) is 0 Å². The summed E-state index contributed by atoms with van der Waals surface area (Å²) >= 11 is 0. The van der Waals surface area contributed by atoms with Gasteiger partial charge in [0.15, 0.2) is 0 Å². The minimum atomic E-state index is -0.226. The molecule has 14 heavy (non-hydrogen) atoms. The highest BCUT2D eigenvalue weighted by molar-refractivity contribution is 4.82. The third-order valence-corrected chi connectivity index (χ3v) is 3.07. The van der Waals surface area contributed by atoms with Crippen LogP contribution < -0.4 is 5.69 Å². The summed E-state index contributed by atoms with van der Waals surface area (Å²) in [6, 6.07) is -0.0938. The number of aliphatic hydroxyl groups is 1. The Kier molecular flexibility index (Phi) is 2.67. The summed E-state index contributed by atoms with van der Waals surface area (Å²) in [4.78, 5) is 11.3. The molecule has 0 aliphatic heterocycles. The van der Waals surface area contributed by atoms with Gasteiger partial charge in [0.25, 0.3) is 0 Å². The lowest BCUT2D eigenvalue weighted by Crippen LogP contribution is -2.28. The van der Waals surface area contributed by atoms with Gasteiger partial charge in [-0.3, -0.25) is 4.57 Å². The van der Waals surface area contributed by atoms with Gasteiger partial charge in [0, 0.05) is 0 Å². The van der Waals surface area contributed by atoms with Crippen LogP contribution in [0.2, 0.25) is 0 Å². The van der Waals surface area contributed by atoms with E-state index in [9.17, 15) is 9.90 Å². The molecule has 0 saturated heterocycles. The first-order chi connectivity index (χ1) is 6.83. The maximum atomic E-state index is 11.3. The van der Waals surface area contributed by atoms with Gasteiger partial charge in [-0.25, -0.2) is 9.89 Å². The summed E-state index contributed by atoms with van der Waals surface area (Å²) in [7, 11) is 0. The topological polar surface area (TPSA) is 70.9 Å². The van der Waals surface area contributed by atoms with Crippen molar-refractivity contribution in [1.29, 1.82) is 0 Å². The molecule has 5 heteroatoms. The Balaban J connectivity index is 2.20. The Bertz CT molecular complexity index is 338. The maximum Gasteiger partial charge on any atom is 0.343 e. The average molecular weight is 197 g/mol. The largest absolute Gasteiger partial charge is 0.394 e. The predicted molar refractivity (Wildman–Crippen MR) is 50.9 cm³/mol. The molecule has 0 aromatic carbocycles. The van der Waals surface area contributed by atoms with E-state index in [-0.39, 0.29) is 18.3 Å². The highest BCUT2D eigenvalue weighted by atomic mass is 16.3. The van der Waals surface area contributed by atoms with Crippen LogP contribution >= 0.6 is 0 Å². The van der Waals surface area contributed by atoms with Crippen LogP contribution in [-0.4, -0.2) is 26.5 Å². The number of aliphatic hydroxyl groups excluding tert-OH is 1. The van der Waals surface area contributed by atoms with E-state index in [0.29, 0.717) is 5.92 Å². The van der Waals surface area contributed by atoms with Gasteiger partial charge in [0.05, 0.1) is 12.6 Å². The number of nitrogens with zero attached hydrogens (tertiary/aromatic N) is 2. The van der Waals surface area contributed by atoms with Crippen LogP contribution in [0.5, 0.6) is 0 Å². The van der Waals surface area contributed by atoms with Gasteiger partial charge in [-0.15, -0.1) is 0 Å². The van der Waals surface area contributed by atoms with Crippen molar-refractivity contribution in [3.8, 4) is 0 Å². The Morgan fingerprint density at radius 2 is 2.36 bits per heavy atom. The second kappa shape index (κ2) is 3.96. The van der Waals surface area contributed by atoms with Crippen molar-refractivity contribution in [1.82, 2.24) is 14.8 Å². The molecule has 1 atom stereocenters. The summed E-state index contributed by atoms with van der Waals surface area (Å²) in [6.07, 6.45) is 6.08. The lowest BCUT2D eigenvalue weighted by molar-refractivity contribution is 0.177. The molecule has 1 saturated carbocycles. The molecule has 1 aliphatic carbocycles. The average Bonchev–Trinajstić information content (AvgIpc) is 2.80. The van der Waals surface area contributed by atoms with Gasteiger partial charge < -0.3 is 5.11 Å². The fourth-order valence-corrected chi connectivity index (χ4v) is 2.30. The molecule has 0 bridgehead atoms. The molecule has 0 spiro atoms. The molecule has 5 nitrogen and oxygen atoms in total. The second-order valence-electron chi connectivity index (χ2n) is 3.86. The molecule has 1 heterocycles. The molecular weight excluding hydrogens is 182 g/mol. The van der Waals surface area contributed by atoms with E-state index in [4.69, 9.17) is 0 Å². The first kappa shape index (κ1) is 9.45. The van der Waals surface area contributed by atoms with Crippen LogP contribution in [0.1, 0.15) is 31.7 Å². The summed E-state index contributed by atoms with van der Waals surface area (Å²) in [6.45, 7) is 0.0180. The fraction of sp³-hybridized carbons (Fsp3) is 0.778. The van der Waals surface area contributed by atoms with E-state index in [1.54, 1.807) is 0 Å². The minimum Gasteiger partial charge on any atom is -0.394 e. The number of hydrogen-bond donors (Lipinski definition) is 2. The molecule has 2 N–H and O–H groups in total. The van der Waals surface area contributed by atoms with E-state index in [2.05, 4.69) is 10.2 Å². The standard InChI is InChI=1S/C9H15N3O2/c13-5-8(7-3-1-2-4-7)12-6-10-11-9(12)14/h6-8,13H,1-5H2,(H,11,14). The Morgan fingerprint density at radius 1 is 1.64 bits per heavy atom. The zero-order chi connectivity index (χ0) is 9.97. The first-order valence-corrected chi connectivity index (χ1v) is 5.05. The monoisotopic (exact) mass is 197 g/mol. The molecule has 0 amide bonds. The van der Waals surface area contributed by atoms with Crippen LogP contribution in [0.4, 0.5) is 0 Å². The van der Waals surface area contributed by atoms with Crippen molar-refractivity contribution in [3.05, 3.63) is 16.8 Å². The molecular formula is C9H15N3O2. The molecule has 78 valence electrons. The molecule has 1 fully saturated rings. The lowest BCUT2D eigenvalue weighted by atomic mass is 9.99. The Labute approximate surface area is 81.8 Å². The molecule has 1 aromatic heterocycles. The highest BCUT2D eigenvalue weighted by Gasteiger charge is 2.26. The lowest BCUT2D eigenvalue weighted by Gasteiger charge is -2.20. The molecule has 1 unspecified atom stereocenters. The SMILES string of the molecule is O=c1[nH]ncn1C(CO)C1CCCC1. The summed E-state index contributed by atoms with van der Waals surface area (Å²) in [5.74, 6) is 0.426. The van der Waals surface area contributed by atoms with Gasteiger partial charge in [-0.05, 0) is 18.8 Å². The molecule has 2 rings (SSSR count). The van der Waals surface area contributed by atoms with Crippen molar-refractivity contribution in [2.24, 2.45) is 5.92 Å². The van der Waals surface area contributed by atoms with Crippen molar-refractivity contribution >= 4 is 0 Å². The third-order valence-electron chi connectivity index (χ3n) is 3.07. The van der Waals surface area contributed by atoms with Gasteiger partial charge in [-0.1, -0.05) is 12.8 Å². The highest BCUT2D eigenvalue weighted by Crippen LogP contribution is 2.33. The van der Waals surface area contributed by atoms with Crippen LogP contribution in [0.3, 0.4) is 0 Å². The summed E-state index contributed by atoms with van der Waals surface area (Å²) in [5, 5.41) is 15.3. The maximum absolute atomic E-state index is 11.3. The molecule has 0 radical (unpaired) electrons. The number of aromatic amines is 1. The van der Waals surface area contributed by atoms with E-state index in [0.717, 1.165) is 12.8 Å². The minimum absolute atomic E-state index is 0.0180. The molecule has 1 aromatic rings. The number of aromatic nitrogens is 3. The second-order valence-corrected chi connectivity index (χ2v) is 3.86. The predicted octanol–water partition coefficient (Wildman–Crippen LogP) is 0.295. The summed E-state index contributed by atoms with van der Waals surface area (Å²) in [5.41, 5.74) is -0.226. The fourth-order valence-electron chi connectivity index (χ4n) is 2.30. The zero-order valence-electron chi connectivity index (χ0n) is 8.02. The number of nitrogens with one attached hydrogen (secondary N) is 1.